The molecule has 5 rings (SSSR count). The molecule has 6 atom stereocenters. The minimum atomic E-state index is -0.410. The molecule has 2 N–H and O–H groups in total. The van der Waals surface area contributed by atoms with Gasteiger partial charge in [0.1, 0.15) is 0 Å². The third-order valence-corrected chi connectivity index (χ3v) is 5.23. The molecule has 2 bridgehead atoms. The van der Waals surface area contributed by atoms with Crippen molar-refractivity contribution in [2.75, 3.05) is 0 Å². The lowest BCUT2D eigenvalue weighted by molar-refractivity contribution is -0.0778. The SMILES string of the molecule is O[C@@H]1c2ccccc2[C@@H](O)[C@@H]2[C@@H]1[C@H]1C=C[C@H]2CC1. The van der Waals surface area contributed by atoms with Crippen LogP contribution in [0.3, 0.4) is 0 Å². The maximum atomic E-state index is 10.7. The number of fused-ring (bicyclic) bond motifs is 2. The molecule has 0 unspecified atom stereocenters. The summed E-state index contributed by atoms with van der Waals surface area (Å²) in [6, 6.07) is 7.83. The Balaban J connectivity index is 1.87. The van der Waals surface area contributed by atoms with Gasteiger partial charge < -0.3 is 10.2 Å². The van der Waals surface area contributed by atoms with E-state index in [4.69, 9.17) is 0 Å². The smallest absolute Gasteiger partial charge is 0.0831 e. The fourth-order valence-corrected chi connectivity index (χ4v) is 4.43. The lowest BCUT2D eigenvalue weighted by Crippen LogP contribution is -2.46. The molecule has 18 heavy (non-hydrogen) atoms. The third-order valence-electron chi connectivity index (χ3n) is 5.23. The summed E-state index contributed by atoms with van der Waals surface area (Å²) in [6.45, 7) is 0. The summed E-state index contributed by atoms with van der Waals surface area (Å²) >= 11 is 0. The third kappa shape index (κ3) is 1.25. The monoisotopic (exact) mass is 242 g/mol. The van der Waals surface area contributed by atoms with E-state index in [0.717, 1.165) is 24.0 Å². The largest absolute Gasteiger partial charge is 0.388 e. The second kappa shape index (κ2) is 3.69. The van der Waals surface area contributed by atoms with Crippen LogP contribution in [0, 0.1) is 23.7 Å². The summed E-state index contributed by atoms with van der Waals surface area (Å²) in [4.78, 5) is 0. The van der Waals surface area contributed by atoms with Gasteiger partial charge in [0, 0.05) is 11.8 Å². The average Bonchev–Trinajstić information content (AvgIpc) is 2.45. The number of aliphatic hydroxyl groups is 2. The normalized spacial score (nSPS) is 44.6. The maximum Gasteiger partial charge on any atom is 0.0831 e. The van der Waals surface area contributed by atoms with Gasteiger partial charge >= 0.3 is 0 Å². The maximum absolute atomic E-state index is 10.7. The number of benzene rings is 1. The predicted octanol–water partition coefficient (Wildman–Crippen LogP) is 2.60. The van der Waals surface area contributed by atoms with E-state index in [0.29, 0.717) is 11.8 Å². The molecule has 2 nitrogen and oxygen atoms in total. The van der Waals surface area contributed by atoms with Crippen LogP contribution in [0.5, 0.6) is 0 Å². The topological polar surface area (TPSA) is 40.5 Å². The van der Waals surface area contributed by atoms with E-state index in [1.165, 1.54) is 0 Å². The molecule has 4 aliphatic rings. The molecule has 1 saturated carbocycles. The fourth-order valence-electron chi connectivity index (χ4n) is 4.43. The van der Waals surface area contributed by atoms with Crippen molar-refractivity contribution in [2.24, 2.45) is 23.7 Å². The Morgan fingerprint density at radius 2 is 1.22 bits per heavy atom. The molecule has 4 aliphatic carbocycles. The Kier molecular flexibility index (Phi) is 2.21. The second-order valence-electron chi connectivity index (χ2n) is 5.96. The first-order chi connectivity index (χ1) is 8.77. The van der Waals surface area contributed by atoms with Gasteiger partial charge in [-0.25, -0.2) is 0 Å². The summed E-state index contributed by atoms with van der Waals surface area (Å²) in [5.74, 6) is 1.30. The first-order valence-electron chi connectivity index (χ1n) is 6.90. The highest BCUT2D eigenvalue weighted by Gasteiger charge is 2.51. The molecule has 1 aromatic carbocycles. The number of hydrogen-bond donors (Lipinski definition) is 2. The first-order valence-corrected chi connectivity index (χ1v) is 6.90. The van der Waals surface area contributed by atoms with E-state index in [-0.39, 0.29) is 11.8 Å². The van der Waals surface area contributed by atoms with Crippen LogP contribution >= 0.6 is 0 Å². The Labute approximate surface area is 107 Å². The van der Waals surface area contributed by atoms with Gasteiger partial charge in [0.25, 0.3) is 0 Å². The van der Waals surface area contributed by atoms with Gasteiger partial charge in [-0.05, 0) is 35.8 Å². The van der Waals surface area contributed by atoms with Gasteiger partial charge in [0.15, 0.2) is 0 Å². The van der Waals surface area contributed by atoms with Crippen LogP contribution < -0.4 is 0 Å². The highest BCUT2D eigenvalue weighted by atomic mass is 16.3. The van der Waals surface area contributed by atoms with Gasteiger partial charge in [-0.3, -0.25) is 0 Å². The Morgan fingerprint density at radius 3 is 1.61 bits per heavy atom. The molecule has 1 fully saturated rings. The van der Waals surface area contributed by atoms with Crippen LogP contribution in [-0.2, 0) is 0 Å². The van der Waals surface area contributed by atoms with E-state index in [1.54, 1.807) is 0 Å². The number of rotatable bonds is 0. The number of aliphatic hydroxyl groups excluding tert-OH is 2. The van der Waals surface area contributed by atoms with Crippen molar-refractivity contribution in [3.05, 3.63) is 47.5 Å². The summed E-state index contributed by atoms with van der Waals surface area (Å²) in [7, 11) is 0. The summed E-state index contributed by atoms with van der Waals surface area (Å²) in [5.41, 5.74) is 1.87. The zero-order valence-corrected chi connectivity index (χ0v) is 10.2. The Morgan fingerprint density at radius 1 is 0.778 bits per heavy atom. The van der Waals surface area contributed by atoms with Gasteiger partial charge in [-0.15, -0.1) is 0 Å². The summed E-state index contributed by atoms with van der Waals surface area (Å²) in [6.07, 6.45) is 6.03. The standard InChI is InChI=1S/C16H18O2/c17-15-11-3-1-2-4-12(11)16(18)14-10-7-5-9(6-8-10)13(14)15/h1-5,7,9-10,13-18H,6,8H2/t9-,10-,13-,14-,15+,16+/m0/s1. The molecule has 0 amide bonds. The quantitative estimate of drug-likeness (QED) is 0.686. The molecule has 0 saturated heterocycles. The molecule has 0 radical (unpaired) electrons. The van der Waals surface area contributed by atoms with E-state index in [1.807, 2.05) is 24.3 Å². The van der Waals surface area contributed by atoms with E-state index < -0.39 is 12.2 Å². The van der Waals surface area contributed by atoms with Crippen molar-refractivity contribution < 1.29 is 10.2 Å². The van der Waals surface area contributed by atoms with Crippen LogP contribution in [0.15, 0.2) is 36.4 Å². The minimum absolute atomic E-state index is 0.207. The van der Waals surface area contributed by atoms with Crippen LogP contribution in [0.1, 0.15) is 36.2 Å². The van der Waals surface area contributed by atoms with Crippen molar-refractivity contribution in [3.8, 4) is 0 Å². The lowest BCUT2D eigenvalue weighted by Gasteiger charge is -2.52. The highest BCUT2D eigenvalue weighted by molar-refractivity contribution is 5.37. The van der Waals surface area contributed by atoms with E-state index >= 15 is 0 Å². The number of hydrogen-bond acceptors (Lipinski definition) is 2. The molecule has 0 heterocycles. The zero-order valence-electron chi connectivity index (χ0n) is 10.2. The van der Waals surface area contributed by atoms with Crippen LogP contribution in [-0.4, -0.2) is 10.2 Å². The van der Waals surface area contributed by atoms with Gasteiger partial charge in [-0.2, -0.15) is 0 Å². The van der Waals surface area contributed by atoms with Crippen molar-refractivity contribution in [1.82, 2.24) is 0 Å². The zero-order chi connectivity index (χ0) is 12.3. The molecule has 0 spiro atoms. The Hall–Kier alpha value is -1.12. The summed E-state index contributed by atoms with van der Waals surface area (Å²) < 4.78 is 0. The average molecular weight is 242 g/mol. The minimum Gasteiger partial charge on any atom is -0.388 e. The van der Waals surface area contributed by atoms with Crippen molar-refractivity contribution in [3.63, 3.8) is 0 Å². The van der Waals surface area contributed by atoms with E-state index in [2.05, 4.69) is 12.2 Å². The molecule has 0 aromatic heterocycles. The van der Waals surface area contributed by atoms with Crippen LogP contribution in [0.25, 0.3) is 0 Å². The van der Waals surface area contributed by atoms with Gasteiger partial charge in [0.05, 0.1) is 12.2 Å². The first kappa shape index (κ1) is 10.8. The van der Waals surface area contributed by atoms with Gasteiger partial charge in [-0.1, -0.05) is 36.4 Å². The van der Waals surface area contributed by atoms with Crippen molar-refractivity contribution in [1.29, 1.82) is 0 Å². The summed E-state index contributed by atoms with van der Waals surface area (Å²) in [5, 5.41) is 21.3. The molecule has 94 valence electrons. The van der Waals surface area contributed by atoms with E-state index in [9.17, 15) is 10.2 Å². The predicted molar refractivity (Wildman–Crippen MR) is 68.7 cm³/mol. The highest BCUT2D eigenvalue weighted by Crippen LogP contribution is 2.57. The molecule has 0 aliphatic heterocycles. The molecule has 1 aromatic rings. The lowest BCUT2D eigenvalue weighted by atomic mass is 9.55. The Bertz CT molecular complexity index is 463. The van der Waals surface area contributed by atoms with Crippen molar-refractivity contribution >= 4 is 0 Å². The fraction of sp³-hybridized carbons (Fsp3) is 0.500. The van der Waals surface area contributed by atoms with Crippen LogP contribution in [0.2, 0.25) is 0 Å². The number of allylic oxidation sites excluding steroid dienone is 2. The molecule has 2 heteroatoms. The molecular formula is C16H18O2. The molecular weight excluding hydrogens is 224 g/mol. The van der Waals surface area contributed by atoms with Gasteiger partial charge in [0.2, 0.25) is 0 Å². The van der Waals surface area contributed by atoms with Crippen molar-refractivity contribution in [2.45, 2.75) is 25.0 Å². The van der Waals surface area contributed by atoms with Crippen LogP contribution in [0.4, 0.5) is 0 Å². The second-order valence-corrected chi connectivity index (χ2v) is 5.96.